The molecule has 0 bridgehead atoms. The molecule has 350 valence electrons. The normalized spacial score (nSPS) is 12.4. The first-order chi connectivity index (χ1) is 30.0. The zero-order chi connectivity index (χ0) is 47.8. The van der Waals surface area contributed by atoms with E-state index in [2.05, 4.69) is 31.9 Å². The minimum absolute atomic E-state index is 0.164. The van der Waals surface area contributed by atoms with Gasteiger partial charge in [-0.1, -0.05) is 47.6 Å². The van der Waals surface area contributed by atoms with Gasteiger partial charge >= 0.3 is 6.03 Å². The van der Waals surface area contributed by atoms with Gasteiger partial charge in [-0.3, -0.25) is 24.6 Å². The van der Waals surface area contributed by atoms with Crippen molar-refractivity contribution in [3.05, 3.63) is 70.8 Å². The fraction of sp³-hybridized carbons (Fsp3) is 0.455. The van der Waals surface area contributed by atoms with Crippen LogP contribution < -0.4 is 66.3 Å². The van der Waals surface area contributed by atoms with Crippen molar-refractivity contribution in [2.24, 2.45) is 34.4 Å². The number of rotatable bonds is 22. The minimum atomic E-state index is -0.889. The Morgan fingerprint density at radius 2 is 0.984 bits per heavy atom. The van der Waals surface area contributed by atoms with Crippen molar-refractivity contribution in [2.75, 3.05) is 59.0 Å². The van der Waals surface area contributed by atoms with Gasteiger partial charge in [0.05, 0.1) is 44.6 Å². The van der Waals surface area contributed by atoms with Crippen molar-refractivity contribution in [1.29, 1.82) is 5.41 Å². The maximum atomic E-state index is 14.1. The van der Waals surface area contributed by atoms with Gasteiger partial charge in [-0.15, -0.1) is 23.5 Å². The highest BCUT2D eigenvalue weighted by Crippen LogP contribution is 2.41. The van der Waals surface area contributed by atoms with E-state index in [-0.39, 0.29) is 35.5 Å². The first kappa shape index (κ1) is 53.0. The summed E-state index contributed by atoms with van der Waals surface area (Å²) in [5, 5.41) is 24.5. The standard InChI is InChI=1S/C44H67N13O5S2/c1-43(2,3)27-21-31(35(63-18-14-45)33(23-27)56-39(60)29(47)12-8-16-52-41(49)50)54-37(58)25-10-7-11-26(20-25)38(59)55-32-22-28(44(4,5)6)24-34(36(32)64-19-15-46)57-40(61)30(48)13-9-17-53-42(51)62/h7,10-11,20-24,29-30H,8-9,12-19,45-48H2,1-6H3,(H,54,58)(H,55,59)(H,56,60)(H,57,61)(H4,49,50,52)(H3,51,53,62)/t29-,30-/m1/s1. The second-order valence-corrected chi connectivity index (χ2v) is 19.4. The fourth-order valence-electron chi connectivity index (χ4n) is 6.11. The molecule has 20 heteroatoms. The van der Waals surface area contributed by atoms with E-state index >= 15 is 0 Å². The van der Waals surface area contributed by atoms with Crippen molar-refractivity contribution >= 4 is 81.9 Å². The molecule has 0 spiro atoms. The molecule has 0 fully saturated rings. The number of guanidine groups is 1. The van der Waals surface area contributed by atoms with Gasteiger partial charge in [0.2, 0.25) is 11.8 Å². The van der Waals surface area contributed by atoms with E-state index in [0.717, 1.165) is 11.1 Å². The number of anilines is 4. The summed E-state index contributed by atoms with van der Waals surface area (Å²) in [5.74, 6) is -1.07. The van der Waals surface area contributed by atoms with Gasteiger partial charge in [0.25, 0.3) is 11.8 Å². The fourth-order valence-corrected chi connectivity index (χ4v) is 7.82. The van der Waals surface area contributed by atoms with Crippen LogP contribution in [-0.2, 0) is 20.4 Å². The molecule has 64 heavy (non-hydrogen) atoms. The van der Waals surface area contributed by atoms with E-state index in [1.54, 1.807) is 18.2 Å². The molecule has 0 aliphatic heterocycles. The molecule has 18 nitrogen and oxygen atoms in total. The van der Waals surface area contributed by atoms with E-state index in [9.17, 15) is 24.0 Å². The third kappa shape index (κ3) is 16.6. The van der Waals surface area contributed by atoms with Crippen LogP contribution in [-0.4, -0.2) is 85.4 Å². The van der Waals surface area contributed by atoms with Crippen molar-refractivity contribution in [3.63, 3.8) is 0 Å². The topological polar surface area (TPSA) is 338 Å². The van der Waals surface area contributed by atoms with Crippen LogP contribution in [0.1, 0.15) is 99.1 Å². The average molecular weight is 922 g/mol. The molecule has 6 amide bonds. The number of primary amides is 1. The number of carbonyl (C=O) groups excluding carboxylic acids is 5. The maximum Gasteiger partial charge on any atom is 0.312 e. The lowest BCUT2D eigenvalue weighted by atomic mass is 9.86. The molecular formula is C44H67N13O5S2. The van der Waals surface area contributed by atoms with E-state index < -0.39 is 47.2 Å². The summed E-state index contributed by atoms with van der Waals surface area (Å²) in [6, 6.07) is 11.3. The van der Waals surface area contributed by atoms with Crippen LogP contribution in [0.3, 0.4) is 0 Å². The lowest BCUT2D eigenvalue weighted by Crippen LogP contribution is -2.37. The van der Waals surface area contributed by atoms with Crippen molar-refractivity contribution in [2.45, 2.75) is 99.9 Å². The van der Waals surface area contributed by atoms with Gasteiger partial charge < -0.3 is 66.3 Å². The Kier molecular flexibility index (Phi) is 20.4. The molecule has 19 N–H and O–H groups in total. The first-order valence-corrected chi connectivity index (χ1v) is 23.0. The van der Waals surface area contributed by atoms with Gasteiger partial charge in [-0.05, 0) is 90.1 Å². The Bertz CT molecular complexity index is 1990. The summed E-state index contributed by atoms with van der Waals surface area (Å²) in [4.78, 5) is 67.2. The lowest BCUT2D eigenvalue weighted by Gasteiger charge is -2.25. The van der Waals surface area contributed by atoms with Crippen LogP contribution in [0.15, 0.2) is 58.3 Å². The summed E-state index contributed by atoms with van der Waals surface area (Å²) in [6.45, 7) is 13.4. The Balaban J connectivity index is 1.98. The summed E-state index contributed by atoms with van der Waals surface area (Å²) >= 11 is 2.73. The Hall–Kier alpha value is -5.38. The number of hydrogen-bond donors (Lipinski definition) is 13. The molecule has 3 aromatic rings. The monoisotopic (exact) mass is 921 g/mol. The molecule has 0 aliphatic rings. The number of urea groups is 1. The molecule has 3 aromatic carbocycles. The molecule has 0 unspecified atom stereocenters. The predicted octanol–water partition coefficient (Wildman–Crippen LogP) is 4.13. The minimum Gasteiger partial charge on any atom is -0.370 e. The third-order valence-electron chi connectivity index (χ3n) is 9.71. The van der Waals surface area contributed by atoms with Crippen LogP contribution in [0.4, 0.5) is 27.5 Å². The number of carbonyl (C=O) groups is 5. The quantitative estimate of drug-likeness (QED) is 0.0292. The molecule has 0 aromatic heterocycles. The molecule has 0 saturated heterocycles. The Morgan fingerprint density at radius 1 is 0.609 bits per heavy atom. The number of amides is 6. The van der Waals surface area contributed by atoms with Gasteiger partial charge in [-0.25, -0.2) is 4.79 Å². The number of benzene rings is 3. The molecular weight excluding hydrogens is 855 g/mol. The molecule has 2 atom stereocenters. The summed E-state index contributed by atoms with van der Waals surface area (Å²) in [6.07, 6.45) is 1.57. The highest BCUT2D eigenvalue weighted by molar-refractivity contribution is 7.99. The van der Waals surface area contributed by atoms with Crippen LogP contribution >= 0.6 is 23.5 Å². The molecule has 0 saturated carbocycles. The zero-order valence-corrected chi connectivity index (χ0v) is 39.3. The van der Waals surface area contributed by atoms with Crippen LogP contribution in [0.5, 0.6) is 0 Å². The largest absolute Gasteiger partial charge is 0.370 e. The van der Waals surface area contributed by atoms with Gasteiger partial charge in [0, 0.05) is 48.8 Å². The van der Waals surface area contributed by atoms with Crippen molar-refractivity contribution < 1.29 is 24.0 Å². The van der Waals surface area contributed by atoms with E-state index in [1.165, 1.54) is 29.6 Å². The first-order valence-electron chi connectivity index (χ1n) is 21.0. The number of hydrogen-bond acceptors (Lipinski definition) is 12. The van der Waals surface area contributed by atoms with Crippen LogP contribution in [0, 0.1) is 5.41 Å². The number of nitrogens with one attached hydrogen (secondary N) is 7. The maximum absolute atomic E-state index is 14.1. The lowest BCUT2D eigenvalue weighted by molar-refractivity contribution is -0.118. The highest BCUT2D eigenvalue weighted by Gasteiger charge is 2.26. The smallest absolute Gasteiger partial charge is 0.312 e. The summed E-state index contributed by atoms with van der Waals surface area (Å²) < 4.78 is 0. The van der Waals surface area contributed by atoms with Gasteiger partial charge in [0.1, 0.15) is 0 Å². The van der Waals surface area contributed by atoms with Crippen molar-refractivity contribution in [1.82, 2.24) is 10.6 Å². The second kappa shape index (κ2) is 24.6. The van der Waals surface area contributed by atoms with Crippen LogP contribution in [0.2, 0.25) is 0 Å². The van der Waals surface area contributed by atoms with E-state index in [4.69, 9.17) is 39.8 Å². The summed E-state index contributed by atoms with van der Waals surface area (Å²) in [7, 11) is 0. The predicted molar refractivity (Wildman–Crippen MR) is 261 cm³/mol. The number of nitrogens with two attached hydrogens (primary N) is 6. The van der Waals surface area contributed by atoms with Crippen molar-refractivity contribution in [3.8, 4) is 0 Å². The van der Waals surface area contributed by atoms with E-state index in [1.807, 2.05) is 65.8 Å². The van der Waals surface area contributed by atoms with Gasteiger partial charge in [-0.2, -0.15) is 0 Å². The van der Waals surface area contributed by atoms with E-state index in [0.29, 0.717) is 82.9 Å². The molecule has 0 heterocycles. The average Bonchev–Trinajstić information content (AvgIpc) is 3.22. The Labute approximate surface area is 384 Å². The molecule has 0 aliphatic carbocycles. The number of thioether (sulfide) groups is 2. The van der Waals surface area contributed by atoms with Crippen LogP contribution in [0.25, 0.3) is 0 Å². The Morgan fingerprint density at radius 3 is 1.33 bits per heavy atom. The van der Waals surface area contributed by atoms with Gasteiger partial charge in [0.15, 0.2) is 5.96 Å². The summed E-state index contributed by atoms with van der Waals surface area (Å²) in [5.41, 5.74) is 37.9. The molecule has 0 radical (unpaired) electrons. The second-order valence-electron chi connectivity index (χ2n) is 17.2. The third-order valence-corrected chi connectivity index (χ3v) is 12.0. The zero-order valence-electron chi connectivity index (χ0n) is 37.7. The SMILES string of the molecule is CC(C)(C)c1cc(NC(=O)c2cccc(C(=O)Nc3cc(C(C)(C)C)cc(NC(=O)[C@H](N)CCCNC(N)=O)c3SCCN)c2)c(SCCN)c(NC(=O)[C@H](N)CCCNC(=N)N)c1. The highest BCUT2D eigenvalue weighted by atomic mass is 32.2. The molecule has 3 rings (SSSR count).